The highest BCUT2D eigenvalue weighted by Gasteiger charge is 2.41. The number of likely N-dealkylation sites (N-methyl/N-ethyl adjacent to an activating group) is 1. The molecule has 1 amide bonds. The highest BCUT2D eigenvalue weighted by Crippen LogP contribution is 2.23. The zero-order valence-corrected chi connectivity index (χ0v) is 7.82. The number of nitrogens with two attached hydrogens (primary N) is 1. The summed E-state index contributed by atoms with van der Waals surface area (Å²) < 4.78 is 4.60. The number of carbonyl (C=O) groups is 2. The Bertz CT molecular complexity index is 229. The van der Waals surface area contributed by atoms with Crippen molar-refractivity contribution in [2.24, 2.45) is 11.7 Å². The van der Waals surface area contributed by atoms with Crippen LogP contribution in [0.1, 0.15) is 6.42 Å². The molecule has 74 valence electrons. The Kier molecular flexibility index (Phi) is 2.87. The summed E-state index contributed by atoms with van der Waals surface area (Å²) in [7, 11) is 2.91. The summed E-state index contributed by atoms with van der Waals surface area (Å²) in [4.78, 5) is 23.9. The van der Waals surface area contributed by atoms with E-state index in [1.807, 2.05) is 0 Å². The van der Waals surface area contributed by atoms with E-state index in [0.29, 0.717) is 13.0 Å². The normalized spacial score (nSPS) is 27.9. The Morgan fingerprint density at radius 3 is 2.85 bits per heavy atom. The highest BCUT2D eigenvalue weighted by molar-refractivity contribution is 5.88. The SMILES string of the molecule is COC(=O)[C@@H]1[C@@H](CN)CC(=O)N1C. The van der Waals surface area contributed by atoms with Crippen molar-refractivity contribution in [2.45, 2.75) is 12.5 Å². The Labute approximate surface area is 76.8 Å². The van der Waals surface area contributed by atoms with E-state index in [-0.39, 0.29) is 17.8 Å². The predicted molar refractivity (Wildman–Crippen MR) is 45.7 cm³/mol. The second kappa shape index (κ2) is 3.74. The van der Waals surface area contributed by atoms with Crippen LogP contribution in [0.5, 0.6) is 0 Å². The van der Waals surface area contributed by atoms with E-state index in [2.05, 4.69) is 4.74 Å². The third kappa shape index (κ3) is 1.65. The van der Waals surface area contributed by atoms with Crippen LogP contribution < -0.4 is 5.73 Å². The van der Waals surface area contributed by atoms with Gasteiger partial charge in [-0.1, -0.05) is 0 Å². The third-order valence-electron chi connectivity index (χ3n) is 2.44. The third-order valence-corrected chi connectivity index (χ3v) is 2.44. The Morgan fingerprint density at radius 1 is 1.77 bits per heavy atom. The van der Waals surface area contributed by atoms with E-state index < -0.39 is 6.04 Å². The lowest BCUT2D eigenvalue weighted by atomic mass is 10.0. The van der Waals surface area contributed by atoms with Gasteiger partial charge in [0.05, 0.1) is 7.11 Å². The van der Waals surface area contributed by atoms with Gasteiger partial charge in [0.2, 0.25) is 5.91 Å². The van der Waals surface area contributed by atoms with E-state index in [1.54, 1.807) is 7.05 Å². The van der Waals surface area contributed by atoms with Gasteiger partial charge < -0.3 is 15.4 Å². The zero-order chi connectivity index (χ0) is 10.0. The van der Waals surface area contributed by atoms with Gasteiger partial charge in [-0.3, -0.25) is 4.79 Å². The van der Waals surface area contributed by atoms with Crippen LogP contribution in [0.25, 0.3) is 0 Å². The molecule has 1 fully saturated rings. The molecule has 2 N–H and O–H groups in total. The van der Waals surface area contributed by atoms with Gasteiger partial charge in [0.25, 0.3) is 0 Å². The number of carbonyl (C=O) groups excluding carboxylic acids is 2. The monoisotopic (exact) mass is 186 g/mol. The molecule has 0 radical (unpaired) electrons. The molecule has 5 heteroatoms. The standard InChI is InChI=1S/C8H14N2O3/c1-10-6(11)3-5(4-9)7(10)8(12)13-2/h5,7H,3-4,9H2,1-2H3/t5-,7+/m1/s1. The van der Waals surface area contributed by atoms with Crippen molar-refractivity contribution in [3.05, 3.63) is 0 Å². The Balaban J connectivity index is 2.79. The summed E-state index contributed by atoms with van der Waals surface area (Å²) in [6, 6.07) is -0.498. The molecule has 2 atom stereocenters. The quantitative estimate of drug-likeness (QED) is 0.559. The maximum Gasteiger partial charge on any atom is 0.328 e. The topological polar surface area (TPSA) is 72.6 Å². The van der Waals surface area contributed by atoms with Gasteiger partial charge in [-0.05, 0) is 6.54 Å². The molecule has 1 aliphatic heterocycles. The lowest BCUT2D eigenvalue weighted by Crippen LogP contribution is -2.41. The number of methoxy groups -OCH3 is 1. The number of hydrogen-bond donors (Lipinski definition) is 1. The van der Waals surface area contributed by atoms with Crippen molar-refractivity contribution >= 4 is 11.9 Å². The van der Waals surface area contributed by atoms with Crippen LogP contribution in [0.15, 0.2) is 0 Å². The van der Waals surface area contributed by atoms with E-state index >= 15 is 0 Å². The number of likely N-dealkylation sites (tertiary alicyclic amines) is 1. The molecule has 0 aliphatic carbocycles. The Morgan fingerprint density at radius 2 is 2.38 bits per heavy atom. The fraction of sp³-hybridized carbons (Fsp3) is 0.750. The zero-order valence-electron chi connectivity index (χ0n) is 7.82. The molecule has 1 rings (SSSR count). The molecule has 0 aromatic rings. The second-order valence-electron chi connectivity index (χ2n) is 3.17. The summed E-state index contributed by atoms with van der Waals surface area (Å²) in [6.45, 7) is 0.329. The van der Waals surface area contributed by atoms with Crippen molar-refractivity contribution in [3.8, 4) is 0 Å². The highest BCUT2D eigenvalue weighted by atomic mass is 16.5. The molecule has 0 aromatic heterocycles. The largest absolute Gasteiger partial charge is 0.467 e. The molecule has 0 aromatic carbocycles. The minimum absolute atomic E-state index is 0.0501. The lowest BCUT2D eigenvalue weighted by molar-refractivity contribution is -0.149. The number of rotatable bonds is 2. The minimum Gasteiger partial charge on any atom is -0.467 e. The van der Waals surface area contributed by atoms with Crippen LogP contribution in [0.2, 0.25) is 0 Å². The van der Waals surface area contributed by atoms with Crippen LogP contribution in [0, 0.1) is 5.92 Å². The van der Waals surface area contributed by atoms with Crippen molar-refractivity contribution in [1.82, 2.24) is 4.90 Å². The predicted octanol–water partition coefficient (Wildman–Crippen LogP) is -1.03. The van der Waals surface area contributed by atoms with Gasteiger partial charge in [0.15, 0.2) is 0 Å². The van der Waals surface area contributed by atoms with Gasteiger partial charge in [0, 0.05) is 19.4 Å². The smallest absolute Gasteiger partial charge is 0.328 e. The van der Waals surface area contributed by atoms with Gasteiger partial charge in [-0.15, -0.1) is 0 Å². The van der Waals surface area contributed by atoms with Crippen molar-refractivity contribution in [1.29, 1.82) is 0 Å². The van der Waals surface area contributed by atoms with Gasteiger partial charge in [0.1, 0.15) is 6.04 Å². The number of nitrogens with zero attached hydrogens (tertiary/aromatic N) is 1. The van der Waals surface area contributed by atoms with Crippen LogP contribution in [-0.2, 0) is 14.3 Å². The number of ether oxygens (including phenoxy) is 1. The number of esters is 1. The van der Waals surface area contributed by atoms with Gasteiger partial charge in [-0.2, -0.15) is 0 Å². The first-order chi connectivity index (χ1) is 6.11. The maximum atomic E-state index is 11.3. The van der Waals surface area contributed by atoms with Gasteiger partial charge >= 0.3 is 5.97 Å². The summed E-state index contributed by atoms with van der Waals surface area (Å²) in [5, 5.41) is 0. The first kappa shape index (κ1) is 9.98. The maximum absolute atomic E-state index is 11.3. The number of hydrogen-bond acceptors (Lipinski definition) is 4. The van der Waals surface area contributed by atoms with Crippen molar-refractivity contribution in [3.63, 3.8) is 0 Å². The first-order valence-corrected chi connectivity index (χ1v) is 4.15. The summed E-state index contributed by atoms with van der Waals surface area (Å²) in [5.41, 5.74) is 5.45. The lowest BCUT2D eigenvalue weighted by Gasteiger charge is -2.20. The molecule has 0 bridgehead atoms. The summed E-state index contributed by atoms with van der Waals surface area (Å²) >= 11 is 0. The van der Waals surface area contributed by atoms with E-state index in [4.69, 9.17) is 5.73 Å². The van der Waals surface area contributed by atoms with Crippen LogP contribution in [0.4, 0.5) is 0 Å². The second-order valence-corrected chi connectivity index (χ2v) is 3.17. The molecular weight excluding hydrogens is 172 g/mol. The average molecular weight is 186 g/mol. The van der Waals surface area contributed by atoms with Crippen LogP contribution >= 0.6 is 0 Å². The molecule has 5 nitrogen and oxygen atoms in total. The number of amides is 1. The Hall–Kier alpha value is -1.10. The molecule has 0 saturated carbocycles. The molecule has 0 unspecified atom stereocenters. The average Bonchev–Trinajstić information content (AvgIpc) is 2.42. The molecular formula is C8H14N2O3. The van der Waals surface area contributed by atoms with E-state index in [0.717, 1.165) is 0 Å². The van der Waals surface area contributed by atoms with Crippen LogP contribution in [0.3, 0.4) is 0 Å². The van der Waals surface area contributed by atoms with Crippen molar-refractivity contribution in [2.75, 3.05) is 20.7 Å². The molecule has 0 spiro atoms. The molecule has 13 heavy (non-hydrogen) atoms. The van der Waals surface area contributed by atoms with E-state index in [9.17, 15) is 9.59 Å². The van der Waals surface area contributed by atoms with Crippen LogP contribution in [-0.4, -0.2) is 43.5 Å². The molecule has 1 heterocycles. The fourth-order valence-electron chi connectivity index (χ4n) is 1.63. The fourth-order valence-corrected chi connectivity index (χ4v) is 1.63. The first-order valence-electron chi connectivity index (χ1n) is 4.15. The molecule has 1 saturated heterocycles. The summed E-state index contributed by atoms with van der Waals surface area (Å²) in [6.07, 6.45) is 0.340. The van der Waals surface area contributed by atoms with Gasteiger partial charge in [-0.25, -0.2) is 4.79 Å². The van der Waals surface area contributed by atoms with E-state index in [1.165, 1.54) is 12.0 Å². The summed E-state index contributed by atoms with van der Waals surface area (Å²) in [5.74, 6) is -0.542. The molecule has 1 aliphatic rings. The van der Waals surface area contributed by atoms with Crippen molar-refractivity contribution < 1.29 is 14.3 Å². The minimum atomic E-state index is -0.498.